The van der Waals surface area contributed by atoms with Gasteiger partial charge in [-0.05, 0) is 52.9 Å². The van der Waals surface area contributed by atoms with Gasteiger partial charge in [-0.3, -0.25) is 4.79 Å². The highest BCUT2D eigenvalue weighted by Crippen LogP contribution is 2.21. The zero-order chi connectivity index (χ0) is 13.1. The standard InChI is InChI=1S/C13H14BrClFNO/c14-11-4-3-10(6-12(11)16)13(18)17-5-1-2-9(7-15)8-17/h3-4,6,9H,1-2,5,7-8H2. The summed E-state index contributed by atoms with van der Waals surface area (Å²) in [6.07, 6.45) is 2.02. The van der Waals surface area contributed by atoms with Crippen LogP contribution in [-0.4, -0.2) is 29.8 Å². The minimum atomic E-state index is -0.410. The number of likely N-dealkylation sites (tertiary alicyclic amines) is 1. The van der Waals surface area contributed by atoms with Crippen molar-refractivity contribution in [1.29, 1.82) is 0 Å². The summed E-state index contributed by atoms with van der Waals surface area (Å²) in [4.78, 5) is 14.0. The number of nitrogens with zero attached hydrogens (tertiary/aromatic N) is 1. The quantitative estimate of drug-likeness (QED) is 0.756. The highest BCUT2D eigenvalue weighted by molar-refractivity contribution is 9.10. The zero-order valence-corrected chi connectivity index (χ0v) is 12.2. The third-order valence-electron chi connectivity index (χ3n) is 3.19. The largest absolute Gasteiger partial charge is 0.338 e. The zero-order valence-electron chi connectivity index (χ0n) is 9.83. The van der Waals surface area contributed by atoms with Crippen LogP contribution in [0.1, 0.15) is 23.2 Å². The second kappa shape index (κ2) is 6.02. The van der Waals surface area contributed by atoms with E-state index in [2.05, 4.69) is 15.9 Å². The lowest BCUT2D eigenvalue weighted by molar-refractivity contribution is 0.0684. The average Bonchev–Trinajstić information content (AvgIpc) is 2.41. The van der Waals surface area contributed by atoms with E-state index in [9.17, 15) is 9.18 Å². The van der Waals surface area contributed by atoms with Crippen LogP contribution in [0.2, 0.25) is 0 Å². The average molecular weight is 335 g/mol. The molecule has 1 aliphatic heterocycles. The van der Waals surface area contributed by atoms with Crippen LogP contribution in [0, 0.1) is 11.7 Å². The lowest BCUT2D eigenvalue weighted by Crippen LogP contribution is -2.40. The van der Waals surface area contributed by atoms with E-state index < -0.39 is 5.82 Å². The van der Waals surface area contributed by atoms with Crippen LogP contribution >= 0.6 is 27.5 Å². The molecule has 1 aromatic carbocycles. The van der Waals surface area contributed by atoms with Gasteiger partial charge in [0.1, 0.15) is 5.82 Å². The molecular formula is C13H14BrClFNO. The van der Waals surface area contributed by atoms with Crippen molar-refractivity contribution in [2.75, 3.05) is 19.0 Å². The van der Waals surface area contributed by atoms with Crippen LogP contribution in [0.15, 0.2) is 22.7 Å². The van der Waals surface area contributed by atoms with Crippen LogP contribution in [0.25, 0.3) is 0 Å². The van der Waals surface area contributed by atoms with Crippen LogP contribution < -0.4 is 0 Å². The van der Waals surface area contributed by atoms with E-state index in [0.717, 1.165) is 19.4 Å². The topological polar surface area (TPSA) is 20.3 Å². The Morgan fingerprint density at radius 1 is 1.56 bits per heavy atom. The van der Waals surface area contributed by atoms with Gasteiger partial charge in [0.15, 0.2) is 0 Å². The number of rotatable bonds is 2. The lowest BCUT2D eigenvalue weighted by Gasteiger charge is -2.31. The molecule has 0 saturated carbocycles. The fraction of sp³-hybridized carbons (Fsp3) is 0.462. The van der Waals surface area contributed by atoms with Gasteiger partial charge in [-0.1, -0.05) is 0 Å². The van der Waals surface area contributed by atoms with Crippen LogP contribution in [0.5, 0.6) is 0 Å². The number of carbonyl (C=O) groups is 1. The van der Waals surface area contributed by atoms with Crippen molar-refractivity contribution in [2.45, 2.75) is 12.8 Å². The fourth-order valence-electron chi connectivity index (χ4n) is 2.19. The molecule has 2 rings (SSSR count). The van der Waals surface area contributed by atoms with Gasteiger partial charge >= 0.3 is 0 Å². The van der Waals surface area contributed by atoms with Gasteiger partial charge in [0, 0.05) is 24.5 Å². The normalized spacial score (nSPS) is 19.9. The summed E-state index contributed by atoms with van der Waals surface area (Å²) in [5, 5.41) is 0. The summed E-state index contributed by atoms with van der Waals surface area (Å²) in [7, 11) is 0. The molecule has 1 aromatic rings. The number of benzene rings is 1. The molecule has 0 aliphatic carbocycles. The van der Waals surface area contributed by atoms with E-state index >= 15 is 0 Å². The van der Waals surface area contributed by atoms with Crippen molar-refractivity contribution in [1.82, 2.24) is 4.90 Å². The van der Waals surface area contributed by atoms with E-state index in [0.29, 0.717) is 28.4 Å². The van der Waals surface area contributed by atoms with Gasteiger partial charge in [-0.25, -0.2) is 4.39 Å². The highest BCUT2D eigenvalue weighted by Gasteiger charge is 2.24. The summed E-state index contributed by atoms with van der Waals surface area (Å²) in [5.41, 5.74) is 0.394. The van der Waals surface area contributed by atoms with E-state index in [4.69, 9.17) is 11.6 Å². The number of hydrogen-bond acceptors (Lipinski definition) is 1. The van der Waals surface area contributed by atoms with E-state index in [1.807, 2.05) is 0 Å². The van der Waals surface area contributed by atoms with Crippen LogP contribution in [-0.2, 0) is 0 Å². The number of amides is 1. The molecule has 1 atom stereocenters. The van der Waals surface area contributed by atoms with Crippen molar-refractivity contribution >= 4 is 33.4 Å². The minimum Gasteiger partial charge on any atom is -0.338 e. The SMILES string of the molecule is O=C(c1ccc(Br)c(F)c1)N1CCCC(CCl)C1. The minimum absolute atomic E-state index is 0.115. The first-order chi connectivity index (χ1) is 8.61. The Morgan fingerprint density at radius 2 is 2.33 bits per heavy atom. The van der Waals surface area contributed by atoms with E-state index in [1.54, 1.807) is 17.0 Å². The van der Waals surface area contributed by atoms with Crippen LogP contribution in [0.3, 0.4) is 0 Å². The molecule has 1 fully saturated rings. The highest BCUT2D eigenvalue weighted by atomic mass is 79.9. The van der Waals surface area contributed by atoms with E-state index in [-0.39, 0.29) is 5.91 Å². The maximum Gasteiger partial charge on any atom is 0.253 e. The van der Waals surface area contributed by atoms with Crippen molar-refractivity contribution < 1.29 is 9.18 Å². The molecular weight excluding hydrogens is 321 g/mol. The van der Waals surface area contributed by atoms with Gasteiger partial charge in [0.05, 0.1) is 4.47 Å². The molecule has 1 unspecified atom stereocenters. The Kier molecular flexibility index (Phi) is 4.62. The molecule has 98 valence electrons. The van der Waals surface area contributed by atoms with Gasteiger partial charge in [0.2, 0.25) is 0 Å². The molecule has 18 heavy (non-hydrogen) atoms. The Morgan fingerprint density at radius 3 is 3.00 bits per heavy atom. The number of piperidine rings is 1. The number of hydrogen-bond donors (Lipinski definition) is 0. The van der Waals surface area contributed by atoms with Crippen molar-refractivity contribution in [2.24, 2.45) is 5.92 Å². The first-order valence-corrected chi connectivity index (χ1v) is 7.25. The predicted octanol–water partition coefficient (Wildman–Crippen LogP) is 3.68. The van der Waals surface area contributed by atoms with Gasteiger partial charge in [0.25, 0.3) is 5.91 Å². The van der Waals surface area contributed by atoms with Crippen molar-refractivity contribution in [3.63, 3.8) is 0 Å². The molecule has 1 aliphatic rings. The number of alkyl halides is 1. The van der Waals surface area contributed by atoms with Crippen LogP contribution in [0.4, 0.5) is 4.39 Å². The fourth-order valence-corrected chi connectivity index (χ4v) is 2.69. The number of carbonyl (C=O) groups excluding carboxylic acids is 1. The Labute approximate surface area is 119 Å². The first-order valence-electron chi connectivity index (χ1n) is 5.92. The molecule has 1 heterocycles. The molecule has 5 heteroatoms. The molecule has 1 amide bonds. The van der Waals surface area contributed by atoms with E-state index in [1.165, 1.54) is 6.07 Å². The second-order valence-electron chi connectivity index (χ2n) is 4.54. The molecule has 2 nitrogen and oxygen atoms in total. The lowest BCUT2D eigenvalue weighted by atomic mass is 9.99. The number of halogens is 3. The molecule has 0 radical (unpaired) electrons. The molecule has 0 bridgehead atoms. The summed E-state index contributed by atoms with van der Waals surface area (Å²) < 4.78 is 13.8. The van der Waals surface area contributed by atoms with Crippen molar-refractivity contribution in [3.05, 3.63) is 34.1 Å². The maximum atomic E-state index is 13.4. The molecule has 0 N–H and O–H groups in total. The van der Waals surface area contributed by atoms with Gasteiger partial charge < -0.3 is 4.90 Å². The summed E-state index contributed by atoms with van der Waals surface area (Å²) in [5.74, 6) is 0.394. The monoisotopic (exact) mass is 333 g/mol. The molecule has 1 saturated heterocycles. The third kappa shape index (κ3) is 3.04. The first kappa shape index (κ1) is 13.8. The summed E-state index contributed by atoms with van der Waals surface area (Å²) in [6, 6.07) is 4.47. The predicted molar refractivity (Wildman–Crippen MR) is 73.4 cm³/mol. The Balaban J connectivity index is 2.12. The molecule has 0 spiro atoms. The second-order valence-corrected chi connectivity index (χ2v) is 5.71. The van der Waals surface area contributed by atoms with Gasteiger partial charge in [-0.2, -0.15) is 0 Å². The van der Waals surface area contributed by atoms with Gasteiger partial charge in [-0.15, -0.1) is 11.6 Å². The Bertz CT molecular complexity index is 455. The third-order valence-corrected chi connectivity index (χ3v) is 4.27. The smallest absolute Gasteiger partial charge is 0.253 e. The maximum absolute atomic E-state index is 13.4. The van der Waals surface area contributed by atoms with Crippen molar-refractivity contribution in [3.8, 4) is 0 Å². The molecule has 0 aromatic heterocycles. The Hall–Kier alpha value is -0.610. The summed E-state index contributed by atoms with van der Waals surface area (Å²) in [6.45, 7) is 1.39. The summed E-state index contributed by atoms with van der Waals surface area (Å²) >= 11 is 8.92.